The highest BCUT2D eigenvalue weighted by Gasteiger charge is 2.24. The molecule has 0 amide bonds. The highest BCUT2D eigenvalue weighted by molar-refractivity contribution is 5.31. The van der Waals surface area contributed by atoms with Gasteiger partial charge in [0.15, 0.2) is 0 Å². The Morgan fingerprint density at radius 3 is 2.85 bits per heavy atom. The molecule has 0 aliphatic heterocycles. The fourth-order valence-electron chi connectivity index (χ4n) is 1.89. The molecule has 2 rings (SSSR count). The number of nitrogens with zero attached hydrogens (tertiary/aromatic N) is 2. The first-order valence-electron chi connectivity index (χ1n) is 4.63. The van der Waals surface area contributed by atoms with Crippen LogP contribution in [0.1, 0.15) is 23.9 Å². The molecule has 1 heterocycles. The van der Waals surface area contributed by atoms with Crippen molar-refractivity contribution in [3.63, 3.8) is 0 Å². The van der Waals surface area contributed by atoms with E-state index < -0.39 is 0 Å². The summed E-state index contributed by atoms with van der Waals surface area (Å²) in [5, 5.41) is 0. The van der Waals surface area contributed by atoms with Gasteiger partial charge in [-0.15, -0.1) is 0 Å². The summed E-state index contributed by atoms with van der Waals surface area (Å²) in [6.07, 6.45) is 3.79. The van der Waals surface area contributed by atoms with E-state index in [9.17, 15) is 0 Å². The highest BCUT2D eigenvalue weighted by Crippen LogP contribution is 2.30. The van der Waals surface area contributed by atoms with Crippen molar-refractivity contribution in [3.8, 4) is 0 Å². The van der Waals surface area contributed by atoms with Crippen LogP contribution in [0.4, 0.5) is 0 Å². The maximum atomic E-state index is 4.30. The quantitative estimate of drug-likeness (QED) is 0.609. The zero-order valence-corrected chi connectivity index (χ0v) is 8.17. The van der Waals surface area contributed by atoms with E-state index >= 15 is 0 Å². The first kappa shape index (κ1) is 8.42. The summed E-state index contributed by atoms with van der Waals surface area (Å²) >= 11 is 0. The average molecular weight is 174 g/mol. The second-order valence-electron chi connectivity index (χ2n) is 3.84. The lowest BCUT2D eigenvalue weighted by atomic mass is 9.99. The van der Waals surface area contributed by atoms with Gasteiger partial charge in [-0.3, -0.25) is 0 Å². The zero-order chi connectivity index (χ0) is 9.42. The van der Waals surface area contributed by atoms with Crippen LogP contribution in [0.15, 0.2) is 18.5 Å². The van der Waals surface area contributed by atoms with Crippen LogP contribution >= 0.6 is 0 Å². The van der Waals surface area contributed by atoms with Gasteiger partial charge in [-0.25, -0.2) is 9.97 Å². The van der Waals surface area contributed by atoms with Crippen molar-refractivity contribution in [1.82, 2.24) is 9.97 Å². The highest BCUT2D eigenvalue weighted by atomic mass is 14.8. The van der Waals surface area contributed by atoms with Crippen LogP contribution < -0.4 is 0 Å². The Balaban J connectivity index is 2.35. The largest absolute Gasteiger partial charge is 0.241 e. The maximum absolute atomic E-state index is 4.30. The normalized spacial score (nSPS) is 20.0. The summed E-state index contributed by atoms with van der Waals surface area (Å²) in [6, 6.07) is 0. The van der Waals surface area contributed by atoms with Gasteiger partial charge in [0.25, 0.3) is 0 Å². The molecular weight excluding hydrogens is 160 g/mol. The van der Waals surface area contributed by atoms with Gasteiger partial charge in [0.1, 0.15) is 6.33 Å². The molecule has 2 heteroatoms. The first-order valence-corrected chi connectivity index (χ1v) is 4.63. The van der Waals surface area contributed by atoms with Gasteiger partial charge in [-0.2, -0.15) is 0 Å². The third-order valence-corrected chi connectivity index (χ3v) is 2.84. The number of rotatable bonds is 1. The average Bonchev–Trinajstić information content (AvgIpc) is 2.49. The van der Waals surface area contributed by atoms with Gasteiger partial charge in [0, 0.05) is 11.4 Å². The molecule has 13 heavy (non-hydrogen) atoms. The lowest BCUT2D eigenvalue weighted by Crippen LogP contribution is -1.99. The lowest BCUT2D eigenvalue weighted by Gasteiger charge is -2.05. The number of hydrogen-bond donors (Lipinski definition) is 0. The van der Waals surface area contributed by atoms with Crippen molar-refractivity contribution in [2.45, 2.75) is 26.7 Å². The number of hydrogen-bond acceptors (Lipinski definition) is 2. The van der Waals surface area contributed by atoms with Crippen LogP contribution in [0, 0.1) is 12.8 Å². The van der Waals surface area contributed by atoms with Crippen molar-refractivity contribution in [3.05, 3.63) is 35.4 Å². The molecular formula is C11H14N2. The second-order valence-corrected chi connectivity index (χ2v) is 3.84. The molecule has 0 saturated carbocycles. The van der Waals surface area contributed by atoms with E-state index in [0.29, 0.717) is 5.92 Å². The summed E-state index contributed by atoms with van der Waals surface area (Å²) in [4.78, 5) is 8.50. The molecule has 1 aliphatic carbocycles. The minimum absolute atomic E-state index is 0.588. The number of aromatic nitrogens is 2. The molecule has 1 aliphatic rings. The van der Waals surface area contributed by atoms with E-state index in [2.05, 4.69) is 30.4 Å². The molecule has 0 aromatic carbocycles. The maximum Gasteiger partial charge on any atom is 0.115 e. The van der Waals surface area contributed by atoms with E-state index in [-0.39, 0.29) is 0 Å². The number of aryl methyl sites for hydroxylation is 1. The molecule has 0 fully saturated rings. The Bertz CT molecular complexity index is 355. The third kappa shape index (κ3) is 1.37. The van der Waals surface area contributed by atoms with Gasteiger partial charge < -0.3 is 0 Å². The topological polar surface area (TPSA) is 25.8 Å². The Morgan fingerprint density at radius 1 is 1.46 bits per heavy atom. The summed E-state index contributed by atoms with van der Waals surface area (Å²) in [6.45, 7) is 8.16. The summed E-state index contributed by atoms with van der Waals surface area (Å²) < 4.78 is 0. The van der Waals surface area contributed by atoms with Gasteiger partial charge in [0.2, 0.25) is 0 Å². The minimum Gasteiger partial charge on any atom is -0.241 e. The van der Waals surface area contributed by atoms with E-state index in [1.165, 1.54) is 16.8 Å². The zero-order valence-electron chi connectivity index (χ0n) is 8.17. The Labute approximate surface area is 78.7 Å². The van der Waals surface area contributed by atoms with E-state index in [1.807, 2.05) is 0 Å². The van der Waals surface area contributed by atoms with Crippen LogP contribution in [0.3, 0.4) is 0 Å². The second kappa shape index (κ2) is 2.95. The molecule has 0 saturated heterocycles. The molecule has 2 nitrogen and oxygen atoms in total. The van der Waals surface area contributed by atoms with Gasteiger partial charge in [-0.1, -0.05) is 12.2 Å². The fraction of sp³-hybridized carbons (Fsp3) is 0.455. The summed E-state index contributed by atoms with van der Waals surface area (Å²) in [7, 11) is 0. The molecule has 1 aromatic rings. The smallest absolute Gasteiger partial charge is 0.115 e. The van der Waals surface area contributed by atoms with E-state index in [4.69, 9.17) is 0 Å². The molecule has 0 spiro atoms. The summed E-state index contributed by atoms with van der Waals surface area (Å²) in [5.74, 6) is 0.588. The van der Waals surface area contributed by atoms with Gasteiger partial charge in [0.05, 0.1) is 0 Å². The summed E-state index contributed by atoms with van der Waals surface area (Å²) in [5.41, 5.74) is 4.96. The van der Waals surface area contributed by atoms with Gasteiger partial charge in [-0.05, 0) is 38.2 Å². The standard InChI is InChI=1S/C11H14N2/c1-7(2)9-4-10-8(3)12-6-13-11(10)5-9/h6,9H,1,4-5H2,2-3H3. The van der Waals surface area contributed by atoms with Crippen molar-refractivity contribution < 1.29 is 0 Å². The Hall–Kier alpha value is -1.18. The van der Waals surface area contributed by atoms with E-state index in [1.54, 1.807) is 6.33 Å². The Morgan fingerprint density at radius 2 is 2.23 bits per heavy atom. The van der Waals surface area contributed by atoms with Crippen LogP contribution in [0.5, 0.6) is 0 Å². The lowest BCUT2D eigenvalue weighted by molar-refractivity contribution is 0.656. The third-order valence-electron chi connectivity index (χ3n) is 2.84. The van der Waals surface area contributed by atoms with Crippen molar-refractivity contribution in [2.24, 2.45) is 5.92 Å². The van der Waals surface area contributed by atoms with Crippen molar-refractivity contribution in [2.75, 3.05) is 0 Å². The van der Waals surface area contributed by atoms with Crippen molar-refractivity contribution in [1.29, 1.82) is 0 Å². The first-order chi connectivity index (χ1) is 6.18. The molecule has 0 N–H and O–H groups in total. The van der Waals surface area contributed by atoms with Gasteiger partial charge >= 0.3 is 0 Å². The number of allylic oxidation sites excluding steroid dienone is 1. The van der Waals surface area contributed by atoms with Crippen molar-refractivity contribution >= 4 is 0 Å². The van der Waals surface area contributed by atoms with E-state index in [0.717, 1.165) is 18.5 Å². The van der Waals surface area contributed by atoms with Crippen LogP contribution in [-0.4, -0.2) is 9.97 Å². The molecule has 0 bridgehead atoms. The predicted octanol–water partition coefficient (Wildman–Crippen LogP) is 2.08. The Kier molecular flexibility index (Phi) is 1.91. The molecule has 68 valence electrons. The molecule has 0 radical (unpaired) electrons. The fourth-order valence-corrected chi connectivity index (χ4v) is 1.89. The predicted molar refractivity (Wildman–Crippen MR) is 52.5 cm³/mol. The monoisotopic (exact) mass is 174 g/mol. The molecule has 1 aromatic heterocycles. The van der Waals surface area contributed by atoms with Crippen LogP contribution in [-0.2, 0) is 12.8 Å². The number of fused-ring (bicyclic) bond motifs is 1. The van der Waals surface area contributed by atoms with Crippen LogP contribution in [0.2, 0.25) is 0 Å². The van der Waals surface area contributed by atoms with Crippen LogP contribution in [0.25, 0.3) is 0 Å². The minimum atomic E-state index is 0.588. The SMILES string of the molecule is C=C(C)C1Cc2ncnc(C)c2C1. The molecule has 1 unspecified atom stereocenters. The molecule has 1 atom stereocenters.